The van der Waals surface area contributed by atoms with Crippen molar-refractivity contribution in [1.82, 2.24) is 9.80 Å². The fourth-order valence-electron chi connectivity index (χ4n) is 4.76. The molecule has 1 aliphatic carbocycles. The fourth-order valence-corrected chi connectivity index (χ4v) is 4.76. The summed E-state index contributed by atoms with van der Waals surface area (Å²) in [5, 5.41) is 0. The minimum atomic E-state index is 0.665. The average Bonchev–Trinajstić information content (AvgIpc) is 3.16. The highest BCUT2D eigenvalue weighted by molar-refractivity contribution is 5.39. The van der Waals surface area contributed by atoms with Gasteiger partial charge in [0.05, 0.1) is 0 Å². The fraction of sp³-hybridized carbons (Fsp3) is 0.714. The first-order chi connectivity index (χ1) is 11.9. The number of ether oxygens (including phenoxy) is 1. The van der Waals surface area contributed by atoms with Crippen LogP contribution in [0.3, 0.4) is 0 Å². The van der Waals surface area contributed by atoms with Crippen molar-refractivity contribution in [3.8, 4) is 5.75 Å². The van der Waals surface area contributed by atoms with Gasteiger partial charge in [-0.25, -0.2) is 0 Å². The summed E-state index contributed by atoms with van der Waals surface area (Å²) in [4.78, 5) is 5.25. The lowest BCUT2D eigenvalue weighted by Crippen LogP contribution is -2.33. The Morgan fingerprint density at radius 1 is 0.917 bits per heavy atom. The Bertz CT molecular complexity index is 533. The summed E-state index contributed by atoms with van der Waals surface area (Å²) in [5.74, 6) is 1.08. The maximum absolute atomic E-state index is 6.08. The quantitative estimate of drug-likeness (QED) is 0.812. The van der Waals surface area contributed by atoms with E-state index in [1.807, 2.05) is 0 Å². The minimum absolute atomic E-state index is 0.665. The Balaban J connectivity index is 1.35. The molecular weight excluding hydrogens is 296 g/mol. The molecule has 0 spiro atoms. The van der Waals surface area contributed by atoms with Crippen LogP contribution in [0, 0.1) is 0 Å². The molecule has 0 radical (unpaired) electrons. The van der Waals surface area contributed by atoms with Crippen LogP contribution in [0.25, 0.3) is 0 Å². The van der Waals surface area contributed by atoms with E-state index >= 15 is 0 Å². The number of rotatable bonds is 5. The summed E-state index contributed by atoms with van der Waals surface area (Å²) in [6.07, 6.45) is 10.8. The van der Waals surface area contributed by atoms with Crippen molar-refractivity contribution in [2.75, 3.05) is 39.3 Å². The van der Waals surface area contributed by atoms with E-state index in [-0.39, 0.29) is 0 Å². The molecule has 24 heavy (non-hydrogen) atoms. The van der Waals surface area contributed by atoms with E-state index in [2.05, 4.69) is 28.0 Å². The van der Waals surface area contributed by atoms with Crippen LogP contribution in [0.15, 0.2) is 18.2 Å². The zero-order chi connectivity index (χ0) is 16.2. The molecule has 2 saturated heterocycles. The summed E-state index contributed by atoms with van der Waals surface area (Å²) in [7, 11) is 0. The zero-order valence-corrected chi connectivity index (χ0v) is 15.0. The maximum atomic E-state index is 6.08. The van der Waals surface area contributed by atoms with E-state index in [4.69, 9.17) is 4.74 Å². The van der Waals surface area contributed by atoms with Crippen molar-refractivity contribution < 1.29 is 4.74 Å². The van der Waals surface area contributed by atoms with E-state index in [1.165, 1.54) is 83.1 Å². The molecule has 0 N–H and O–H groups in total. The SMILES string of the molecule is c1cc2c(cc1OCCN1CCCCC1)CCCC2N1CCCC1. The van der Waals surface area contributed by atoms with Gasteiger partial charge >= 0.3 is 0 Å². The lowest BCUT2D eigenvalue weighted by molar-refractivity contribution is 0.183. The molecule has 3 aliphatic rings. The molecule has 2 aliphatic heterocycles. The van der Waals surface area contributed by atoms with Gasteiger partial charge in [0, 0.05) is 12.6 Å². The van der Waals surface area contributed by atoms with Gasteiger partial charge in [-0.15, -0.1) is 0 Å². The summed E-state index contributed by atoms with van der Waals surface area (Å²) in [6, 6.07) is 7.56. The molecule has 0 amide bonds. The van der Waals surface area contributed by atoms with Crippen LogP contribution in [-0.4, -0.2) is 49.1 Å². The molecular formula is C21H32N2O. The molecule has 3 nitrogen and oxygen atoms in total. The second-order valence-electron chi connectivity index (χ2n) is 7.76. The van der Waals surface area contributed by atoms with Crippen molar-refractivity contribution in [3.63, 3.8) is 0 Å². The number of piperidine rings is 1. The Kier molecular flexibility index (Phi) is 5.39. The number of hydrogen-bond acceptors (Lipinski definition) is 3. The van der Waals surface area contributed by atoms with Crippen molar-refractivity contribution in [3.05, 3.63) is 29.3 Å². The number of fused-ring (bicyclic) bond motifs is 1. The van der Waals surface area contributed by atoms with E-state index < -0.39 is 0 Å². The zero-order valence-electron chi connectivity index (χ0n) is 15.0. The van der Waals surface area contributed by atoms with Gasteiger partial charge in [-0.05, 0) is 94.4 Å². The lowest BCUT2D eigenvalue weighted by atomic mass is 9.86. The van der Waals surface area contributed by atoms with Gasteiger partial charge in [0.1, 0.15) is 12.4 Å². The van der Waals surface area contributed by atoms with E-state index in [0.29, 0.717) is 6.04 Å². The van der Waals surface area contributed by atoms with Crippen LogP contribution >= 0.6 is 0 Å². The molecule has 132 valence electrons. The topological polar surface area (TPSA) is 15.7 Å². The third-order valence-electron chi connectivity index (χ3n) is 6.10. The highest BCUT2D eigenvalue weighted by Crippen LogP contribution is 2.37. The van der Waals surface area contributed by atoms with E-state index in [1.54, 1.807) is 5.56 Å². The Hall–Kier alpha value is -1.06. The molecule has 0 bridgehead atoms. The third-order valence-corrected chi connectivity index (χ3v) is 6.10. The Morgan fingerprint density at radius 3 is 2.54 bits per heavy atom. The highest BCUT2D eigenvalue weighted by Gasteiger charge is 2.27. The predicted octanol–water partition coefficient (Wildman–Crippen LogP) is 4.02. The lowest BCUT2D eigenvalue weighted by Gasteiger charge is -2.33. The molecule has 2 fully saturated rings. The second kappa shape index (κ2) is 7.88. The van der Waals surface area contributed by atoms with Gasteiger partial charge in [0.15, 0.2) is 0 Å². The monoisotopic (exact) mass is 328 g/mol. The smallest absolute Gasteiger partial charge is 0.119 e. The van der Waals surface area contributed by atoms with Crippen LogP contribution in [0.2, 0.25) is 0 Å². The number of benzene rings is 1. The summed E-state index contributed by atoms with van der Waals surface area (Å²) >= 11 is 0. The number of nitrogens with zero attached hydrogens (tertiary/aromatic N) is 2. The van der Waals surface area contributed by atoms with Gasteiger partial charge in [-0.1, -0.05) is 12.5 Å². The first kappa shape index (κ1) is 16.4. The van der Waals surface area contributed by atoms with Crippen LogP contribution in [0.1, 0.15) is 62.1 Å². The molecule has 0 aromatic heterocycles. The molecule has 1 aromatic carbocycles. The van der Waals surface area contributed by atoms with Crippen LogP contribution in [-0.2, 0) is 6.42 Å². The van der Waals surface area contributed by atoms with Crippen molar-refractivity contribution in [1.29, 1.82) is 0 Å². The van der Waals surface area contributed by atoms with Crippen molar-refractivity contribution >= 4 is 0 Å². The largest absolute Gasteiger partial charge is 0.492 e. The molecule has 1 atom stereocenters. The standard InChI is InChI=1S/C21H32N2O/c1-2-11-22(12-3-1)15-16-24-19-9-10-20-18(17-19)7-6-8-21(20)23-13-4-5-14-23/h9-10,17,21H,1-8,11-16H2. The first-order valence-corrected chi connectivity index (χ1v) is 10.1. The Morgan fingerprint density at radius 2 is 1.71 bits per heavy atom. The van der Waals surface area contributed by atoms with Gasteiger partial charge < -0.3 is 4.74 Å². The van der Waals surface area contributed by atoms with Gasteiger partial charge in [0.25, 0.3) is 0 Å². The van der Waals surface area contributed by atoms with Crippen LogP contribution < -0.4 is 4.74 Å². The van der Waals surface area contributed by atoms with Crippen molar-refractivity contribution in [2.24, 2.45) is 0 Å². The first-order valence-electron chi connectivity index (χ1n) is 10.1. The number of aryl methyl sites for hydroxylation is 1. The molecule has 2 heterocycles. The second-order valence-corrected chi connectivity index (χ2v) is 7.76. The number of hydrogen-bond donors (Lipinski definition) is 0. The van der Waals surface area contributed by atoms with Gasteiger partial charge in [-0.3, -0.25) is 9.80 Å². The number of likely N-dealkylation sites (tertiary alicyclic amines) is 2. The molecule has 4 rings (SSSR count). The normalized spacial score (nSPS) is 25.6. The van der Waals surface area contributed by atoms with E-state index in [9.17, 15) is 0 Å². The summed E-state index contributed by atoms with van der Waals surface area (Å²) in [5.41, 5.74) is 3.11. The molecule has 3 heteroatoms. The van der Waals surface area contributed by atoms with Gasteiger partial charge in [0.2, 0.25) is 0 Å². The molecule has 1 unspecified atom stereocenters. The Labute approximate surface area is 147 Å². The van der Waals surface area contributed by atoms with E-state index in [0.717, 1.165) is 18.9 Å². The van der Waals surface area contributed by atoms with Crippen molar-refractivity contribution in [2.45, 2.75) is 57.4 Å². The average molecular weight is 329 g/mol. The summed E-state index contributed by atoms with van der Waals surface area (Å²) in [6.45, 7) is 6.99. The van der Waals surface area contributed by atoms with Gasteiger partial charge in [-0.2, -0.15) is 0 Å². The van der Waals surface area contributed by atoms with Crippen LogP contribution in [0.5, 0.6) is 5.75 Å². The molecule has 0 saturated carbocycles. The third kappa shape index (κ3) is 3.78. The minimum Gasteiger partial charge on any atom is -0.492 e. The molecule has 1 aromatic rings. The van der Waals surface area contributed by atoms with Crippen LogP contribution in [0.4, 0.5) is 0 Å². The maximum Gasteiger partial charge on any atom is 0.119 e. The predicted molar refractivity (Wildman–Crippen MR) is 98.7 cm³/mol. The highest BCUT2D eigenvalue weighted by atomic mass is 16.5. The summed E-state index contributed by atoms with van der Waals surface area (Å²) < 4.78 is 6.08.